The van der Waals surface area contributed by atoms with Gasteiger partial charge in [-0.05, 0) is 32.4 Å². The van der Waals surface area contributed by atoms with Crippen LogP contribution in [0.3, 0.4) is 0 Å². The summed E-state index contributed by atoms with van der Waals surface area (Å²) in [6, 6.07) is 6.79. The number of ether oxygens (including phenoxy) is 1. The van der Waals surface area contributed by atoms with Crippen LogP contribution in [0.15, 0.2) is 30.5 Å². The molecule has 0 unspecified atom stereocenters. The van der Waals surface area contributed by atoms with Gasteiger partial charge in [0, 0.05) is 37.6 Å². The van der Waals surface area contributed by atoms with Gasteiger partial charge in [0.15, 0.2) is 0 Å². The molecule has 24 heavy (non-hydrogen) atoms. The zero-order valence-corrected chi connectivity index (χ0v) is 14.7. The van der Waals surface area contributed by atoms with Crippen molar-refractivity contribution >= 4 is 23.0 Å². The first-order valence-corrected chi connectivity index (χ1v) is 7.81. The van der Waals surface area contributed by atoms with E-state index in [1.165, 1.54) is 7.05 Å². The number of carboxylic acid groups (broad SMARTS) is 1. The van der Waals surface area contributed by atoms with Gasteiger partial charge in [0.1, 0.15) is 11.6 Å². The predicted molar refractivity (Wildman–Crippen MR) is 92.0 cm³/mol. The second kappa shape index (κ2) is 6.55. The normalized spacial score (nSPS) is 12.9. The van der Waals surface area contributed by atoms with Crippen molar-refractivity contribution in [3.63, 3.8) is 0 Å². The Kier molecular flexibility index (Phi) is 4.87. The fourth-order valence-electron chi connectivity index (χ4n) is 2.65. The fourth-order valence-corrected chi connectivity index (χ4v) is 2.65. The van der Waals surface area contributed by atoms with Crippen molar-refractivity contribution in [2.24, 2.45) is 7.05 Å². The Morgan fingerprint density at radius 3 is 2.50 bits per heavy atom. The molecule has 1 heterocycles. The van der Waals surface area contributed by atoms with Gasteiger partial charge in [-0.1, -0.05) is 18.2 Å². The molecule has 2 aromatic rings. The van der Waals surface area contributed by atoms with Crippen molar-refractivity contribution < 1.29 is 19.4 Å². The van der Waals surface area contributed by atoms with E-state index in [1.807, 2.05) is 42.1 Å². The summed E-state index contributed by atoms with van der Waals surface area (Å²) in [6.45, 7) is 5.25. The quantitative estimate of drug-likeness (QED) is 0.934. The molecule has 6 nitrogen and oxygen atoms in total. The standard InChI is InChI=1S/C18H24N2O4/c1-18(2,3)24-17(23)20(5)15(16(21)22)10-12-11-19(4)14-9-7-6-8-13(12)14/h6-9,11,15H,10H2,1-5H3,(H,21,22)/t15-/m0/s1. The predicted octanol–water partition coefficient (Wildman–Crippen LogP) is 3.04. The smallest absolute Gasteiger partial charge is 0.410 e. The molecule has 6 heteroatoms. The Bertz CT molecular complexity index is 758. The third-order valence-corrected chi connectivity index (χ3v) is 3.83. The summed E-state index contributed by atoms with van der Waals surface area (Å²) < 4.78 is 7.23. The number of nitrogens with zero attached hydrogens (tertiary/aromatic N) is 2. The largest absolute Gasteiger partial charge is 0.480 e. The van der Waals surface area contributed by atoms with Crippen LogP contribution in [0.4, 0.5) is 4.79 Å². The summed E-state index contributed by atoms with van der Waals surface area (Å²) >= 11 is 0. The van der Waals surface area contributed by atoms with Crippen molar-refractivity contribution in [2.45, 2.75) is 38.8 Å². The molecular formula is C18H24N2O4. The van der Waals surface area contributed by atoms with Gasteiger partial charge in [0.05, 0.1) is 0 Å². The third-order valence-electron chi connectivity index (χ3n) is 3.83. The number of hydrogen-bond acceptors (Lipinski definition) is 3. The van der Waals surface area contributed by atoms with Crippen LogP contribution in [0.1, 0.15) is 26.3 Å². The van der Waals surface area contributed by atoms with Crippen LogP contribution < -0.4 is 0 Å². The highest BCUT2D eigenvalue weighted by Gasteiger charge is 2.31. The summed E-state index contributed by atoms with van der Waals surface area (Å²) in [5, 5.41) is 10.6. The van der Waals surface area contributed by atoms with Crippen molar-refractivity contribution in [3.8, 4) is 0 Å². The number of likely N-dealkylation sites (N-methyl/N-ethyl adjacent to an activating group) is 1. The lowest BCUT2D eigenvalue weighted by Gasteiger charge is -2.28. The molecule has 0 aliphatic rings. The minimum absolute atomic E-state index is 0.215. The number of para-hydroxylation sites is 1. The van der Waals surface area contributed by atoms with Crippen molar-refractivity contribution in [1.29, 1.82) is 0 Å². The number of carbonyl (C=O) groups is 2. The highest BCUT2D eigenvalue weighted by atomic mass is 16.6. The minimum Gasteiger partial charge on any atom is -0.480 e. The molecule has 0 saturated heterocycles. The molecule has 1 aromatic heterocycles. The van der Waals surface area contributed by atoms with Crippen LogP contribution in [0.2, 0.25) is 0 Å². The number of fused-ring (bicyclic) bond motifs is 1. The highest BCUT2D eigenvalue weighted by molar-refractivity contribution is 5.86. The average Bonchev–Trinajstić information content (AvgIpc) is 2.79. The van der Waals surface area contributed by atoms with Gasteiger partial charge in [-0.3, -0.25) is 4.90 Å². The number of aromatic nitrogens is 1. The van der Waals surface area contributed by atoms with Gasteiger partial charge in [0.2, 0.25) is 0 Å². The maximum absolute atomic E-state index is 12.2. The second-order valence-corrected chi connectivity index (χ2v) is 6.93. The van der Waals surface area contributed by atoms with Crippen molar-refractivity contribution in [1.82, 2.24) is 9.47 Å². The van der Waals surface area contributed by atoms with Gasteiger partial charge >= 0.3 is 12.1 Å². The van der Waals surface area contributed by atoms with E-state index in [4.69, 9.17) is 4.74 Å². The number of amides is 1. The van der Waals surface area contributed by atoms with E-state index in [-0.39, 0.29) is 6.42 Å². The molecule has 0 radical (unpaired) electrons. The van der Waals surface area contributed by atoms with E-state index < -0.39 is 23.7 Å². The minimum atomic E-state index is -1.06. The fraction of sp³-hybridized carbons (Fsp3) is 0.444. The van der Waals surface area contributed by atoms with E-state index >= 15 is 0 Å². The molecule has 0 fully saturated rings. The lowest BCUT2D eigenvalue weighted by molar-refractivity contribution is -0.142. The monoisotopic (exact) mass is 332 g/mol. The first-order chi connectivity index (χ1) is 11.1. The number of carboxylic acids is 1. The molecule has 1 atom stereocenters. The molecule has 1 N–H and O–H groups in total. The Balaban J connectivity index is 2.28. The number of rotatable bonds is 4. The molecule has 0 aliphatic carbocycles. The molecule has 2 rings (SSSR count). The zero-order chi connectivity index (χ0) is 18.1. The van der Waals surface area contributed by atoms with Crippen LogP contribution in [0.25, 0.3) is 10.9 Å². The maximum Gasteiger partial charge on any atom is 0.410 e. The van der Waals surface area contributed by atoms with Gasteiger partial charge < -0.3 is 14.4 Å². The maximum atomic E-state index is 12.2. The summed E-state index contributed by atoms with van der Waals surface area (Å²) in [5.41, 5.74) is 1.24. The van der Waals surface area contributed by atoms with Crippen LogP contribution >= 0.6 is 0 Å². The molecule has 1 aromatic carbocycles. The Hall–Kier alpha value is -2.50. The second-order valence-electron chi connectivity index (χ2n) is 6.93. The molecule has 0 bridgehead atoms. The Morgan fingerprint density at radius 1 is 1.29 bits per heavy atom. The van der Waals surface area contributed by atoms with Crippen LogP contribution in [-0.2, 0) is 23.0 Å². The SMILES string of the molecule is CN(C(=O)OC(C)(C)C)[C@@H](Cc1cn(C)c2ccccc12)C(=O)O. The van der Waals surface area contributed by atoms with E-state index in [0.29, 0.717) is 0 Å². The highest BCUT2D eigenvalue weighted by Crippen LogP contribution is 2.23. The lowest BCUT2D eigenvalue weighted by Crippen LogP contribution is -2.46. The number of benzene rings is 1. The van der Waals surface area contributed by atoms with Crippen molar-refractivity contribution in [2.75, 3.05) is 7.05 Å². The number of hydrogen-bond donors (Lipinski definition) is 1. The Labute approximate surface area is 141 Å². The van der Waals surface area contributed by atoms with E-state index in [1.54, 1.807) is 20.8 Å². The van der Waals surface area contributed by atoms with Gasteiger partial charge in [-0.15, -0.1) is 0 Å². The summed E-state index contributed by atoms with van der Waals surface area (Å²) in [4.78, 5) is 25.0. The molecule has 0 aliphatic heterocycles. The summed E-state index contributed by atoms with van der Waals surface area (Å²) in [6.07, 6.45) is 1.48. The zero-order valence-electron chi connectivity index (χ0n) is 14.7. The van der Waals surface area contributed by atoms with Crippen LogP contribution in [-0.4, -0.2) is 45.3 Å². The number of aryl methyl sites for hydroxylation is 1. The average molecular weight is 332 g/mol. The number of aliphatic carboxylic acids is 1. The summed E-state index contributed by atoms with van der Waals surface area (Å²) in [7, 11) is 3.37. The lowest BCUT2D eigenvalue weighted by atomic mass is 10.0. The first-order valence-electron chi connectivity index (χ1n) is 7.81. The first kappa shape index (κ1) is 17.8. The molecule has 130 valence electrons. The van der Waals surface area contributed by atoms with Gasteiger partial charge in [0.25, 0.3) is 0 Å². The van der Waals surface area contributed by atoms with Crippen LogP contribution in [0.5, 0.6) is 0 Å². The van der Waals surface area contributed by atoms with Crippen molar-refractivity contribution in [3.05, 3.63) is 36.0 Å². The van der Waals surface area contributed by atoms with Gasteiger partial charge in [-0.25, -0.2) is 9.59 Å². The van der Waals surface area contributed by atoms with E-state index in [2.05, 4.69) is 0 Å². The van der Waals surface area contributed by atoms with E-state index in [0.717, 1.165) is 21.4 Å². The molecule has 1 amide bonds. The molecule has 0 saturated carbocycles. The van der Waals surface area contributed by atoms with Crippen LogP contribution in [0, 0.1) is 0 Å². The Morgan fingerprint density at radius 2 is 1.92 bits per heavy atom. The van der Waals surface area contributed by atoms with Gasteiger partial charge in [-0.2, -0.15) is 0 Å². The molecular weight excluding hydrogens is 308 g/mol. The molecule has 0 spiro atoms. The summed E-state index contributed by atoms with van der Waals surface area (Å²) in [5.74, 6) is -1.06. The topological polar surface area (TPSA) is 71.8 Å². The third kappa shape index (κ3) is 3.88. The number of carbonyl (C=O) groups excluding carboxylic acids is 1. The van der Waals surface area contributed by atoms with E-state index in [9.17, 15) is 14.7 Å².